The van der Waals surface area contributed by atoms with Crippen molar-refractivity contribution >= 4 is 23.2 Å². The Labute approximate surface area is 134 Å². The van der Waals surface area contributed by atoms with Gasteiger partial charge in [-0.25, -0.2) is 0 Å². The lowest BCUT2D eigenvalue weighted by Crippen LogP contribution is -1.93. The highest BCUT2D eigenvalue weighted by molar-refractivity contribution is 6.29. The smallest absolute Gasteiger partial charge is 0.193 e. The highest BCUT2D eigenvalue weighted by Gasteiger charge is 2.14. The number of furan rings is 1. The van der Waals surface area contributed by atoms with Crippen molar-refractivity contribution in [3.63, 3.8) is 0 Å². The van der Waals surface area contributed by atoms with E-state index in [0.717, 1.165) is 12.0 Å². The molecule has 0 aliphatic carbocycles. The molecule has 1 aromatic heterocycles. The van der Waals surface area contributed by atoms with Crippen molar-refractivity contribution in [1.82, 2.24) is 0 Å². The van der Waals surface area contributed by atoms with Crippen LogP contribution in [0.25, 0.3) is 0 Å². The highest BCUT2D eigenvalue weighted by Crippen LogP contribution is 2.31. The summed E-state index contributed by atoms with van der Waals surface area (Å²) in [5.41, 5.74) is 3.55. The molecule has 1 atom stereocenters. The fraction of sp³-hybridized carbons (Fsp3) is 0.111. The van der Waals surface area contributed by atoms with Crippen molar-refractivity contribution in [2.75, 3.05) is 0 Å². The van der Waals surface area contributed by atoms with Gasteiger partial charge in [-0.1, -0.05) is 54.6 Å². The molecule has 1 heterocycles. The lowest BCUT2D eigenvalue weighted by Gasteiger charge is -2.08. The molecule has 0 aliphatic rings. The van der Waals surface area contributed by atoms with Gasteiger partial charge in [-0.2, -0.15) is 0 Å². The normalized spacial score (nSPS) is 12.3. The molecular formula is C18H14Cl2O. The number of benzene rings is 2. The van der Waals surface area contributed by atoms with Crippen molar-refractivity contribution in [2.24, 2.45) is 0 Å². The molecule has 0 saturated heterocycles. The van der Waals surface area contributed by atoms with Gasteiger partial charge in [-0.05, 0) is 46.8 Å². The van der Waals surface area contributed by atoms with E-state index in [-0.39, 0.29) is 5.38 Å². The van der Waals surface area contributed by atoms with E-state index in [2.05, 4.69) is 36.4 Å². The fourth-order valence-corrected chi connectivity index (χ4v) is 2.68. The lowest BCUT2D eigenvalue weighted by molar-refractivity contribution is 0.518. The maximum absolute atomic E-state index is 6.41. The number of hydrogen-bond donors (Lipinski definition) is 0. The van der Waals surface area contributed by atoms with E-state index in [1.165, 1.54) is 11.1 Å². The van der Waals surface area contributed by atoms with Crippen LogP contribution in [0.5, 0.6) is 0 Å². The summed E-state index contributed by atoms with van der Waals surface area (Å²) in [7, 11) is 0. The standard InChI is InChI=1S/C18H14Cl2O/c19-17-11-10-16(21-17)18(20)15-8-6-14(7-9-15)12-13-4-2-1-3-5-13/h1-11,18H,12H2. The minimum atomic E-state index is -0.316. The molecule has 0 amide bonds. The average molecular weight is 317 g/mol. The van der Waals surface area contributed by atoms with Crippen LogP contribution in [0.4, 0.5) is 0 Å². The summed E-state index contributed by atoms with van der Waals surface area (Å²) in [5, 5.41) is 0.0413. The number of hydrogen-bond acceptors (Lipinski definition) is 1. The summed E-state index contributed by atoms with van der Waals surface area (Å²) in [6.07, 6.45) is 0.917. The van der Waals surface area contributed by atoms with Crippen LogP contribution in [0.2, 0.25) is 5.22 Å². The van der Waals surface area contributed by atoms with E-state index in [4.69, 9.17) is 27.6 Å². The third-order valence-electron chi connectivity index (χ3n) is 3.37. The second-order valence-corrected chi connectivity index (χ2v) is 5.72. The maximum Gasteiger partial charge on any atom is 0.193 e. The first-order chi connectivity index (χ1) is 10.2. The van der Waals surface area contributed by atoms with Crippen LogP contribution < -0.4 is 0 Å². The fourth-order valence-electron chi connectivity index (χ4n) is 2.26. The monoisotopic (exact) mass is 316 g/mol. The van der Waals surface area contributed by atoms with E-state index in [1.807, 2.05) is 18.2 Å². The van der Waals surface area contributed by atoms with Crippen LogP contribution >= 0.6 is 23.2 Å². The molecule has 0 N–H and O–H groups in total. The van der Waals surface area contributed by atoms with Crippen LogP contribution in [0.15, 0.2) is 71.1 Å². The van der Waals surface area contributed by atoms with Gasteiger partial charge in [0.15, 0.2) is 5.22 Å². The molecule has 0 fully saturated rings. The van der Waals surface area contributed by atoms with Gasteiger partial charge in [-0.3, -0.25) is 0 Å². The molecule has 106 valence electrons. The van der Waals surface area contributed by atoms with Crippen molar-refractivity contribution in [2.45, 2.75) is 11.8 Å². The third-order valence-corrected chi connectivity index (χ3v) is 4.04. The largest absolute Gasteiger partial charge is 0.448 e. The lowest BCUT2D eigenvalue weighted by atomic mass is 10.0. The highest BCUT2D eigenvalue weighted by atomic mass is 35.5. The van der Waals surface area contributed by atoms with Crippen LogP contribution in [0, 0.1) is 0 Å². The van der Waals surface area contributed by atoms with Gasteiger partial charge >= 0.3 is 0 Å². The predicted molar refractivity (Wildman–Crippen MR) is 87.1 cm³/mol. The molecule has 1 nitrogen and oxygen atoms in total. The molecule has 3 heteroatoms. The van der Waals surface area contributed by atoms with Crippen LogP contribution in [-0.4, -0.2) is 0 Å². The molecule has 0 spiro atoms. The SMILES string of the molecule is Clc1ccc(C(Cl)c2ccc(Cc3ccccc3)cc2)o1. The van der Waals surface area contributed by atoms with E-state index in [0.29, 0.717) is 11.0 Å². The van der Waals surface area contributed by atoms with E-state index < -0.39 is 0 Å². The minimum absolute atomic E-state index is 0.316. The van der Waals surface area contributed by atoms with Crippen LogP contribution in [-0.2, 0) is 6.42 Å². The predicted octanol–water partition coefficient (Wildman–Crippen LogP) is 5.85. The Balaban J connectivity index is 1.75. The van der Waals surface area contributed by atoms with Gasteiger partial charge < -0.3 is 4.42 Å². The molecule has 2 aromatic carbocycles. The Morgan fingerprint density at radius 2 is 1.48 bits per heavy atom. The summed E-state index contributed by atoms with van der Waals surface area (Å²) < 4.78 is 5.36. The van der Waals surface area contributed by atoms with Gasteiger partial charge in [0.2, 0.25) is 0 Å². The summed E-state index contributed by atoms with van der Waals surface area (Å²) in [4.78, 5) is 0. The van der Waals surface area contributed by atoms with Crippen molar-refractivity contribution in [1.29, 1.82) is 0 Å². The van der Waals surface area contributed by atoms with Gasteiger partial charge in [0, 0.05) is 0 Å². The Hall–Kier alpha value is -1.70. The first-order valence-corrected chi connectivity index (χ1v) is 7.56. The zero-order valence-electron chi connectivity index (χ0n) is 11.3. The summed E-state index contributed by atoms with van der Waals surface area (Å²) >= 11 is 12.2. The molecule has 0 aliphatic heterocycles. The van der Waals surface area contributed by atoms with Gasteiger partial charge in [0.1, 0.15) is 11.1 Å². The molecule has 0 saturated carbocycles. The zero-order valence-corrected chi connectivity index (χ0v) is 12.8. The topological polar surface area (TPSA) is 13.1 Å². The minimum Gasteiger partial charge on any atom is -0.448 e. The Morgan fingerprint density at radius 1 is 0.810 bits per heavy atom. The molecule has 1 unspecified atom stereocenters. The Morgan fingerprint density at radius 3 is 2.10 bits per heavy atom. The molecule has 3 rings (SSSR count). The van der Waals surface area contributed by atoms with E-state index >= 15 is 0 Å². The third kappa shape index (κ3) is 3.49. The Kier molecular flexibility index (Phi) is 4.33. The van der Waals surface area contributed by atoms with Gasteiger partial charge in [0.05, 0.1) is 0 Å². The number of alkyl halides is 1. The molecular weight excluding hydrogens is 303 g/mol. The second-order valence-electron chi connectivity index (χ2n) is 4.91. The number of halogens is 2. The Bertz CT molecular complexity index is 702. The molecule has 0 bridgehead atoms. The molecule has 0 radical (unpaired) electrons. The quantitative estimate of drug-likeness (QED) is 0.550. The molecule has 3 aromatic rings. The number of rotatable bonds is 4. The first-order valence-electron chi connectivity index (χ1n) is 6.74. The van der Waals surface area contributed by atoms with Crippen molar-refractivity contribution in [3.8, 4) is 0 Å². The zero-order chi connectivity index (χ0) is 14.7. The van der Waals surface area contributed by atoms with Crippen LogP contribution in [0.3, 0.4) is 0 Å². The molecule has 21 heavy (non-hydrogen) atoms. The van der Waals surface area contributed by atoms with Crippen molar-refractivity contribution < 1.29 is 4.42 Å². The summed E-state index contributed by atoms with van der Waals surface area (Å²) in [5.74, 6) is 0.664. The van der Waals surface area contributed by atoms with Gasteiger partial charge in [-0.15, -0.1) is 11.6 Å². The summed E-state index contributed by atoms with van der Waals surface area (Å²) in [6, 6.07) is 22.2. The maximum atomic E-state index is 6.41. The average Bonchev–Trinajstić information content (AvgIpc) is 2.95. The first kappa shape index (κ1) is 14.2. The van der Waals surface area contributed by atoms with Gasteiger partial charge in [0.25, 0.3) is 0 Å². The van der Waals surface area contributed by atoms with Crippen molar-refractivity contribution in [3.05, 3.63) is 94.4 Å². The van der Waals surface area contributed by atoms with E-state index in [9.17, 15) is 0 Å². The van der Waals surface area contributed by atoms with E-state index in [1.54, 1.807) is 12.1 Å². The second kappa shape index (κ2) is 6.38. The summed E-state index contributed by atoms with van der Waals surface area (Å²) in [6.45, 7) is 0. The van der Waals surface area contributed by atoms with Crippen LogP contribution in [0.1, 0.15) is 27.8 Å².